The number of hydrogen-bond acceptors (Lipinski definition) is 3. The van der Waals surface area contributed by atoms with Gasteiger partial charge in [-0.15, -0.1) is 24.8 Å². The Morgan fingerprint density at radius 3 is 2.80 bits per heavy atom. The third kappa shape index (κ3) is 4.36. The summed E-state index contributed by atoms with van der Waals surface area (Å²) in [5.41, 5.74) is 6.98. The largest absolute Gasteiger partial charge is 0.339 e. The van der Waals surface area contributed by atoms with Crippen LogP contribution in [0.2, 0.25) is 0 Å². The van der Waals surface area contributed by atoms with E-state index in [0.717, 1.165) is 31.5 Å². The Morgan fingerprint density at radius 2 is 2.25 bits per heavy atom. The van der Waals surface area contributed by atoms with Gasteiger partial charge >= 0.3 is 0 Å². The van der Waals surface area contributed by atoms with Crippen LogP contribution in [0.3, 0.4) is 0 Å². The zero-order chi connectivity index (χ0) is 13.1. The Balaban J connectivity index is 0.00000180. The van der Waals surface area contributed by atoms with E-state index in [1.54, 1.807) is 0 Å². The molecule has 1 saturated heterocycles. The van der Waals surface area contributed by atoms with Crippen LogP contribution in [-0.4, -0.2) is 39.7 Å². The summed E-state index contributed by atoms with van der Waals surface area (Å²) >= 11 is 0. The van der Waals surface area contributed by atoms with Crippen molar-refractivity contribution in [1.82, 2.24) is 14.7 Å². The van der Waals surface area contributed by atoms with E-state index in [1.807, 2.05) is 35.8 Å². The smallest absolute Gasteiger partial charge is 0.239 e. The maximum absolute atomic E-state index is 12.1. The number of amides is 1. The van der Waals surface area contributed by atoms with Gasteiger partial charge in [0.25, 0.3) is 0 Å². The molecule has 116 valence electrons. The van der Waals surface area contributed by atoms with E-state index in [0.29, 0.717) is 12.5 Å². The van der Waals surface area contributed by atoms with E-state index in [1.165, 1.54) is 0 Å². The molecule has 2 rings (SSSR count). The molecule has 7 heteroatoms. The Morgan fingerprint density at radius 1 is 1.55 bits per heavy atom. The summed E-state index contributed by atoms with van der Waals surface area (Å²) < 4.78 is 1.98. The quantitative estimate of drug-likeness (QED) is 0.924. The van der Waals surface area contributed by atoms with Crippen LogP contribution in [0, 0.1) is 6.92 Å². The number of halogens is 2. The highest BCUT2D eigenvalue weighted by molar-refractivity contribution is 5.85. The van der Waals surface area contributed by atoms with Crippen molar-refractivity contribution in [1.29, 1.82) is 0 Å². The van der Waals surface area contributed by atoms with Crippen LogP contribution >= 0.6 is 24.8 Å². The molecule has 0 aromatic carbocycles. The molecule has 0 bridgehead atoms. The molecular formula is C13H24Cl2N4O. The van der Waals surface area contributed by atoms with Gasteiger partial charge in [-0.2, -0.15) is 5.10 Å². The van der Waals surface area contributed by atoms with E-state index < -0.39 is 0 Å². The highest BCUT2D eigenvalue weighted by Crippen LogP contribution is 2.21. The van der Waals surface area contributed by atoms with Gasteiger partial charge in [0.1, 0.15) is 0 Å². The molecule has 1 amide bonds. The molecular weight excluding hydrogens is 299 g/mol. The number of likely N-dealkylation sites (tertiary alicyclic amines) is 1. The van der Waals surface area contributed by atoms with Gasteiger partial charge in [-0.1, -0.05) is 6.92 Å². The fraction of sp³-hybridized carbons (Fsp3) is 0.692. The molecule has 1 unspecified atom stereocenters. The summed E-state index contributed by atoms with van der Waals surface area (Å²) in [6.45, 7) is 5.53. The molecule has 2 atom stereocenters. The van der Waals surface area contributed by atoms with E-state index in [2.05, 4.69) is 5.10 Å². The van der Waals surface area contributed by atoms with E-state index in [-0.39, 0.29) is 36.8 Å². The molecule has 1 aromatic heterocycles. The Hall–Kier alpha value is -0.780. The second kappa shape index (κ2) is 8.49. The monoisotopic (exact) mass is 322 g/mol. The average molecular weight is 323 g/mol. The fourth-order valence-corrected chi connectivity index (χ4v) is 2.41. The molecule has 0 aliphatic carbocycles. The second-order valence-electron chi connectivity index (χ2n) is 5.09. The molecule has 1 aliphatic heterocycles. The molecule has 20 heavy (non-hydrogen) atoms. The van der Waals surface area contributed by atoms with Crippen LogP contribution in [0.5, 0.6) is 0 Å². The summed E-state index contributed by atoms with van der Waals surface area (Å²) in [5, 5.41) is 4.35. The standard InChI is InChI=1S/C13H22N4O.2ClH/c1-3-12(14)13(18)16-6-4-5-11(9-16)17-8-10(2)7-15-17;;/h7-8,11-12H,3-6,9,14H2,1-2H3;2*1H/t11?,12-;;/m0../s1. The first-order chi connectivity index (χ1) is 8.61. The Labute approximate surface area is 132 Å². The van der Waals surface area contributed by atoms with Gasteiger partial charge in [-0.3, -0.25) is 9.48 Å². The molecule has 0 radical (unpaired) electrons. The third-order valence-electron chi connectivity index (χ3n) is 3.57. The number of nitrogens with two attached hydrogens (primary N) is 1. The summed E-state index contributed by atoms with van der Waals surface area (Å²) in [4.78, 5) is 14.0. The first-order valence-corrected chi connectivity index (χ1v) is 6.67. The van der Waals surface area contributed by atoms with Crippen molar-refractivity contribution in [2.24, 2.45) is 5.73 Å². The number of aryl methyl sites for hydroxylation is 1. The number of piperidine rings is 1. The van der Waals surface area contributed by atoms with Gasteiger partial charge in [0.2, 0.25) is 5.91 Å². The van der Waals surface area contributed by atoms with Gasteiger partial charge in [0.05, 0.1) is 18.3 Å². The summed E-state index contributed by atoms with van der Waals surface area (Å²) in [6.07, 6.45) is 6.69. The Bertz CT molecular complexity index is 424. The number of hydrogen-bond donors (Lipinski definition) is 1. The van der Waals surface area contributed by atoms with Gasteiger partial charge in [-0.25, -0.2) is 0 Å². The number of nitrogens with zero attached hydrogens (tertiary/aromatic N) is 3. The summed E-state index contributed by atoms with van der Waals surface area (Å²) in [6, 6.07) is -0.0661. The maximum Gasteiger partial charge on any atom is 0.239 e. The van der Waals surface area contributed by atoms with E-state index in [9.17, 15) is 4.79 Å². The predicted octanol–water partition coefficient (Wildman–Crippen LogP) is 1.94. The molecule has 1 aromatic rings. The van der Waals surface area contributed by atoms with Crippen molar-refractivity contribution < 1.29 is 4.79 Å². The molecule has 1 aliphatic rings. The molecule has 0 saturated carbocycles. The van der Waals surface area contributed by atoms with Crippen molar-refractivity contribution in [2.45, 2.75) is 45.2 Å². The van der Waals surface area contributed by atoms with Gasteiger partial charge in [0, 0.05) is 19.3 Å². The lowest BCUT2D eigenvalue weighted by molar-refractivity contribution is -0.134. The SMILES string of the molecule is CC[C@H](N)C(=O)N1CCCC(n2cc(C)cn2)C1.Cl.Cl. The average Bonchev–Trinajstić information content (AvgIpc) is 2.84. The number of rotatable bonds is 3. The second-order valence-corrected chi connectivity index (χ2v) is 5.09. The highest BCUT2D eigenvalue weighted by Gasteiger charge is 2.27. The van der Waals surface area contributed by atoms with Crippen molar-refractivity contribution in [2.75, 3.05) is 13.1 Å². The van der Waals surface area contributed by atoms with Crippen LogP contribution in [0.15, 0.2) is 12.4 Å². The first kappa shape index (κ1) is 19.2. The summed E-state index contributed by atoms with van der Waals surface area (Å²) in [7, 11) is 0. The normalized spacial score (nSPS) is 19.8. The van der Waals surface area contributed by atoms with Gasteiger partial charge < -0.3 is 10.6 Å². The minimum absolute atomic E-state index is 0. The molecule has 5 nitrogen and oxygen atoms in total. The minimum Gasteiger partial charge on any atom is -0.339 e. The predicted molar refractivity (Wildman–Crippen MR) is 84.6 cm³/mol. The van der Waals surface area contributed by atoms with Crippen molar-refractivity contribution >= 4 is 30.7 Å². The van der Waals surface area contributed by atoms with Gasteiger partial charge in [0.15, 0.2) is 0 Å². The number of carbonyl (C=O) groups is 1. The Kier molecular flexibility index (Phi) is 8.16. The first-order valence-electron chi connectivity index (χ1n) is 6.67. The van der Waals surface area contributed by atoms with Gasteiger partial charge in [-0.05, 0) is 31.7 Å². The number of carbonyl (C=O) groups excluding carboxylic acids is 1. The zero-order valence-corrected chi connectivity index (χ0v) is 13.6. The number of aromatic nitrogens is 2. The van der Waals surface area contributed by atoms with Crippen LogP contribution in [0.4, 0.5) is 0 Å². The summed E-state index contributed by atoms with van der Waals surface area (Å²) in [5.74, 6) is 0.0751. The molecule has 1 fully saturated rings. The van der Waals surface area contributed by atoms with Crippen molar-refractivity contribution in [3.8, 4) is 0 Å². The zero-order valence-electron chi connectivity index (χ0n) is 12.0. The van der Waals surface area contributed by atoms with E-state index in [4.69, 9.17) is 5.73 Å². The minimum atomic E-state index is -0.358. The van der Waals surface area contributed by atoms with Crippen LogP contribution in [0.1, 0.15) is 37.8 Å². The van der Waals surface area contributed by atoms with E-state index >= 15 is 0 Å². The fourth-order valence-electron chi connectivity index (χ4n) is 2.41. The lowest BCUT2D eigenvalue weighted by Gasteiger charge is -2.34. The molecule has 2 heterocycles. The van der Waals surface area contributed by atoms with Crippen molar-refractivity contribution in [3.05, 3.63) is 18.0 Å². The molecule has 2 N–H and O–H groups in total. The molecule has 0 spiro atoms. The third-order valence-corrected chi connectivity index (χ3v) is 3.57. The highest BCUT2D eigenvalue weighted by atomic mass is 35.5. The van der Waals surface area contributed by atoms with Crippen molar-refractivity contribution in [3.63, 3.8) is 0 Å². The lowest BCUT2D eigenvalue weighted by atomic mass is 10.0. The maximum atomic E-state index is 12.1. The van der Waals surface area contributed by atoms with Crippen LogP contribution in [-0.2, 0) is 4.79 Å². The topological polar surface area (TPSA) is 64.2 Å². The lowest BCUT2D eigenvalue weighted by Crippen LogP contribution is -2.48. The van der Waals surface area contributed by atoms with Crippen LogP contribution in [0.25, 0.3) is 0 Å². The van der Waals surface area contributed by atoms with Crippen LogP contribution < -0.4 is 5.73 Å².